The molecule has 10 heteroatoms. The molecule has 300 valence electrons. The molecule has 9 nitrogen and oxygen atoms in total. The lowest BCUT2D eigenvalue weighted by Gasteiger charge is -2.20. The van der Waals surface area contributed by atoms with E-state index in [2.05, 4.69) is 38.2 Å². The van der Waals surface area contributed by atoms with Crippen LogP contribution in [0, 0.1) is 0 Å². The van der Waals surface area contributed by atoms with Crippen molar-refractivity contribution in [1.82, 2.24) is 4.90 Å². The second-order valence-corrected chi connectivity index (χ2v) is 15.3. The summed E-state index contributed by atoms with van der Waals surface area (Å²) in [5.41, 5.74) is 0. The standard InChI is InChI=1S/C41H78NO8P/c1-5-8-10-12-14-16-18-20-22-24-26-28-30-32-34-41(44)50-39(38-49-51(45,46)48-36-35-42(4)7-3)37-47-40(43)33-31-29-27-25-23-21-19-17-15-13-11-9-6-2/h17-20,39H,5-16,21-38H2,1-4H3,(H,45,46). The minimum absolute atomic E-state index is 0.0167. The molecule has 0 aliphatic heterocycles. The SMILES string of the molecule is CCCCCCC=CCCCCCCCC(=O)OCC(COP(=O)(O)OCCN(C)CC)OC(=O)CCCCCCCC=CCCCCCCC. The van der Waals surface area contributed by atoms with Crippen LogP contribution < -0.4 is 0 Å². The highest BCUT2D eigenvalue weighted by Crippen LogP contribution is 2.43. The third-order valence-electron chi connectivity index (χ3n) is 8.95. The summed E-state index contributed by atoms with van der Waals surface area (Å²) in [6, 6.07) is 0. The first kappa shape index (κ1) is 49.5. The molecule has 0 rings (SSSR count). The predicted molar refractivity (Wildman–Crippen MR) is 211 cm³/mol. The number of carbonyl (C=O) groups excluding carboxylic acids is 2. The van der Waals surface area contributed by atoms with E-state index in [0.717, 1.165) is 77.2 Å². The lowest BCUT2D eigenvalue weighted by molar-refractivity contribution is -0.161. The third-order valence-corrected chi connectivity index (χ3v) is 9.94. The first-order chi connectivity index (χ1) is 24.7. The normalized spacial score (nSPS) is 13.7. The maximum Gasteiger partial charge on any atom is 0.472 e. The van der Waals surface area contributed by atoms with Gasteiger partial charge in [0.15, 0.2) is 6.10 Å². The maximum absolute atomic E-state index is 12.6. The van der Waals surface area contributed by atoms with Gasteiger partial charge in [-0.15, -0.1) is 0 Å². The van der Waals surface area contributed by atoms with Crippen LogP contribution in [-0.2, 0) is 32.7 Å². The zero-order valence-electron chi connectivity index (χ0n) is 33.3. The number of hydrogen-bond donors (Lipinski definition) is 1. The van der Waals surface area contributed by atoms with E-state index in [4.69, 9.17) is 18.5 Å². The van der Waals surface area contributed by atoms with Crippen molar-refractivity contribution in [1.29, 1.82) is 0 Å². The van der Waals surface area contributed by atoms with Crippen LogP contribution in [0.4, 0.5) is 0 Å². The van der Waals surface area contributed by atoms with E-state index in [-0.39, 0.29) is 32.0 Å². The Morgan fingerprint density at radius 2 is 1.04 bits per heavy atom. The van der Waals surface area contributed by atoms with Crippen LogP contribution in [0.25, 0.3) is 0 Å². The number of carbonyl (C=O) groups is 2. The van der Waals surface area contributed by atoms with Crippen molar-refractivity contribution in [2.45, 2.75) is 187 Å². The van der Waals surface area contributed by atoms with Gasteiger partial charge in [-0.05, 0) is 77.8 Å². The van der Waals surface area contributed by atoms with E-state index < -0.39 is 26.5 Å². The van der Waals surface area contributed by atoms with Gasteiger partial charge in [-0.25, -0.2) is 4.57 Å². The Kier molecular flexibility index (Phi) is 35.7. The van der Waals surface area contributed by atoms with Crippen molar-refractivity contribution in [3.63, 3.8) is 0 Å². The quantitative estimate of drug-likeness (QED) is 0.0286. The van der Waals surface area contributed by atoms with Gasteiger partial charge in [-0.1, -0.05) is 129 Å². The van der Waals surface area contributed by atoms with Crippen LogP contribution in [0.1, 0.15) is 181 Å². The zero-order chi connectivity index (χ0) is 37.7. The van der Waals surface area contributed by atoms with Gasteiger partial charge in [0.05, 0.1) is 13.2 Å². The van der Waals surface area contributed by atoms with Crippen LogP contribution in [0.15, 0.2) is 24.3 Å². The molecule has 1 N–H and O–H groups in total. The number of nitrogens with zero attached hydrogens (tertiary/aromatic N) is 1. The summed E-state index contributed by atoms with van der Waals surface area (Å²) >= 11 is 0. The minimum Gasteiger partial charge on any atom is -0.462 e. The first-order valence-corrected chi connectivity index (χ1v) is 22.2. The highest BCUT2D eigenvalue weighted by atomic mass is 31.2. The average molecular weight is 744 g/mol. The molecule has 0 bridgehead atoms. The van der Waals surface area contributed by atoms with Gasteiger partial charge in [-0.3, -0.25) is 18.6 Å². The average Bonchev–Trinajstić information content (AvgIpc) is 3.11. The molecule has 51 heavy (non-hydrogen) atoms. The molecular formula is C41H78NO8P. The van der Waals surface area contributed by atoms with E-state index in [1.807, 2.05) is 18.9 Å². The Hall–Kier alpha value is -1.51. The van der Waals surface area contributed by atoms with Crippen molar-refractivity contribution in [3.8, 4) is 0 Å². The fraction of sp³-hybridized carbons (Fsp3) is 0.854. The van der Waals surface area contributed by atoms with Gasteiger partial charge >= 0.3 is 19.8 Å². The lowest BCUT2D eigenvalue weighted by atomic mass is 10.1. The molecule has 0 aromatic carbocycles. The van der Waals surface area contributed by atoms with E-state index >= 15 is 0 Å². The fourth-order valence-electron chi connectivity index (χ4n) is 5.45. The number of phosphoric acid groups is 1. The second-order valence-electron chi connectivity index (χ2n) is 13.9. The third kappa shape index (κ3) is 36.6. The molecule has 0 aromatic heterocycles. The molecule has 0 aliphatic rings. The molecular weight excluding hydrogens is 665 g/mol. The van der Waals surface area contributed by atoms with Crippen molar-refractivity contribution in [3.05, 3.63) is 24.3 Å². The van der Waals surface area contributed by atoms with Gasteiger partial charge in [0, 0.05) is 19.4 Å². The minimum atomic E-state index is -4.37. The molecule has 0 aromatic rings. The molecule has 0 saturated carbocycles. The number of esters is 2. The largest absolute Gasteiger partial charge is 0.472 e. The van der Waals surface area contributed by atoms with Gasteiger partial charge in [0.25, 0.3) is 0 Å². The van der Waals surface area contributed by atoms with Crippen LogP contribution >= 0.6 is 7.82 Å². The van der Waals surface area contributed by atoms with Crippen LogP contribution in [0.5, 0.6) is 0 Å². The highest BCUT2D eigenvalue weighted by Gasteiger charge is 2.26. The Morgan fingerprint density at radius 3 is 1.53 bits per heavy atom. The molecule has 0 heterocycles. The maximum atomic E-state index is 12.6. The second kappa shape index (κ2) is 36.8. The van der Waals surface area contributed by atoms with Crippen molar-refractivity contribution < 1.29 is 37.6 Å². The van der Waals surface area contributed by atoms with Crippen LogP contribution in [0.2, 0.25) is 0 Å². The van der Waals surface area contributed by atoms with Crippen LogP contribution in [0.3, 0.4) is 0 Å². The molecule has 0 fully saturated rings. The highest BCUT2D eigenvalue weighted by molar-refractivity contribution is 7.47. The molecule has 0 aliphatic carbocycles. The summed E-state index contributed by atoms with van der Waals surface area (Å²) in [6.07, 6.45) is 35.0. The summed E-state index contributed by atoms with van der Waals surface area (Å²) < 4.78 is 33.6. The summed E-state index contributed by atoms with van der Waals surface area (Å²) in [6.45, 7) is 7.06. The van der Waals surface area contributed by atoms with Crippen LogP contribution in [-0.4, -0.2) is 67.8 Å². The number of likely N-dealkylation sites (N-methyl/N-ethyl adjacent to an activating group) is 1. The molecule has 0 amide bonds. The van der Waals surface area contributed by atoms with Crippen molar-refractivity contribution in [2.24, 2.45) is 0 Å². The first-order valence-electron chi connectivity index (χ1n) is 20.7. The number of ether oxygens (including phenoxy) is 2. The van der Waals surface area contributed by atoms with Gasteiger partial charge in [-0.2, -0.15) is 0 Å². The monoisotopic (exact) mass is 744 g/mol. The van der Waals surface area contributed by atoms with E-state index in [1.54, 1.807) is 0 Å². The van der Waals surface area contributed by atoms with Gasteiger partial charge < -0.3 is 19.3 Å². The summed E-state index contributed by atoms with van der Waals surface area (Å²) in [7, 11) is -2.49. The zero-order valence-corrected chi connectivity index (χ0v) is 34.2. The smallest absolute Gasteiger partial charge is 0.462 e. The Morgan fingerprint density at radius 1 is 0.608 bits per heavy atom. The van der Waals surface area contributed by atoms with E-state index in [0.29, 0.717) is 13.0 Å². The summed E-state index contributed by atoms with van der Waals surface area (Å²) in [5.74, 6) is -0.818. The van der Waals surface area contributed by atoms with Crippen molar-refractivity contribution >= 4 is 19.8 Å². The topological polar surface area (TPSA) is 112 Å². The summed E-state index contributed by atoms with van der Waals surface area (Å²) in [4.78, 5) is 37.1. The molecule has 2 atom stereocenters. The number of unbranched alkanes of at least 4 members (excludes halogenated alkanes) is 19. The van der Waals surface area contributed by atoms with Crippen molar-refractivity contribution in [2.75, 3.05) is 40.0 Å². The van der Waals surface area contributed by atoms with Gasteiger partial charge in [0.2, 0.25) is 0 Å². The molecule has 0 radical (unpaired) electrons. The Balaban J connectivity index is 4.42. The predicted octanol–water partition coefficient (Wildman–Crippen LogP) is 11.4. The van der Waals surface area contributed by atoms with Gasteiger partial charge in [0.1, 0.15) is 6.61 Å². The fourth-order valence-corrected chi connectivity index (χ4v) is 6.20. The Bertz CT molecular complexity index is 912. The molecule has 2 unspecified atom stereocenters. The van der Waals surface area contributed by atoms with E-state index in [1.165, 1.54) is 70.6 Å². The molecule has 0 spiro atoms. The summed E-state index contributed by atoms with van der Waals surface area (Å²) in [5, 5.41) is 0. The Labute approximate surface area is 313 Å². The number of hydrogen-bond acceptors (Lipinski definition) is 8. The number of allylic oxidation sites excluding steroid dienone is 4. The number of rotatable bonds is 38. The van der Waals surface area contributed by atoms with E-state index in [9.17, 15) is 19.0 Å². The molecule has 0 saturated heterocycles. The lowest BCUT2D eigenvalue weighted by Crippen LogP contribution is -2.29. The number of phosphoric ester groups is 1.